The highest BCUT2D eigenvalue weighted by atomic mass is 32.2. The highest BCUT2D eigenvalue weighted by Crippen LogP contribution is 2.20. The van der Waals surface area contributed by atoms with Crippen LogP contribution in [0.5, 0.6) is 0 Å². The van der Waals surface area contributed by atoms with Crippen molar-refractivity contribution in [3.05, 3.63) is 48.6 Å². The summed E-state index contributed by atoms with van der Waals surface area (Å²) in [5, 5.41) is 1.24. The van der Waals surface area contributed by atoms with Crippen molar-refractivity contribution in [3.8, 4) is 0 Å². The molecule has 1 aromatic carbocycles. The van der Waals surface area contributed by atoms with Crippen LogP contribution in [0.1, 0.15) is 29.6 Å². The van der Waals surface area contributed by atoms with Gasteiger partial charge in [0.1, 0.15) is 0 Å². The van der Waals surface area contributed by atoms with Gasteiger partial charge in [-0.05, 0) is 19.3 Å². The minimum atomic E-state index is -4.03. The lowest BCUT2D eigenvalue weighted by atomic mass is 10.0. The largest absolute Gasteiger partial charge is 0.345 e. The van der Waals surface area contributed by atoms with Crippen LogP contribution in [0.4, 0.5) is 0 Å². The molecule has 1 N–H and O–H groups in total. The van der Waals surface area contributed by atoms with Gasteiger partial charge in [-0.15, -0.1) is 6.58 Å². The third-order valence-electron chi connectivity index (χ3n) is 3.64. The number of amides is 1. The Morgan fingerprint density at radius 1 is 1.30 bits per heavy atom. The van der Waals surface area contributed by atoms with Crippen molar-refractivity contribution in [1.82, 2.24) is 5.32 Å². The number of benzene rings is 1. The average Bonchev–Trinajstić information content (AvgIpc) is 2.75. The van der Waals surface area contributed by atoms with E-state index in [0.29, 0.717) is 18.4 Å². The fraction of sp³-hybridized carbons (Fsp3) is 0.375. The summed E-state index contributed by atoms with van der Waals surface area (Å²) < 4.78 is 28.8. The predicted molar refractivity (Wildman–Crippen MR) is 85.4 cm³/mol. The maximum atomic E-state index is 12.4. The van der Waals surface area contributed by atoms with Crippen LogP contribution in [0.3, 0.4) is 0 Å². The normalized spacial score (nSPS) is 22.0. The first-order valence-electron chi connectivity index (χ1n) is 7.34. The molecule has 0 bridgehead atoms. The summed E-state index contributed by atoms with van der Waals surface area (Å²) in [5.41, 5.74) is 0.488. The van der Waals surface area contributed by atoms with E-state index in [1.165, 1.54) is 6.08 Å². The highest BCUT2D eigenvalue weighted by molar-refractivity contribution is 7.88. The molecule has 1 heterocycles. The fourth-order valence-electron chi connectivity index (χ4n) is 2.48. The van der Waals surface area contributed by atoms with Crippen molar-refractivity contribution in [3.63, 3.8) is 0 Å². The molecule has 0 spiro atoms. The van der Waals surface area contributed by atoms with Gasteiger partial charge in [-0.3, -0.25) is 13.8 Å². The van der Waals surface area contributed by atoms with E-state index in [1.807, 2.05) is 0 Å². The van der Waals surface area contributed by atoms with Gasteiger partial charge in [0, 0.05) is 5.56 Å². The van der Waals surface area contributed by atoms with E-state index in [9.17, 15) is 18.0 Å². The molecule has 1 fully saturated rings. The van der Waals surface area contributed by atoms with E-state index in [4.69, 9.17) is 4.18 Å². The topological polar surface area (TPSA) is 89.5 Å². The van der Waals surface area contributed by atoms with Gasteiger partial charge in [0.2, 0.25) is 5.91 Å². The molecule has 1 saturated heterocycles. The Balaban J connectivity index is 2.12. The van der Waals surface area contributed by atoms with Crippen molar-refractivity contribution >= 4 is 21.8 Å². The molecule has 23 heavy (non-hydrogen) atoms. The Bertz CT molecular complexity index is 684. The third-order valence-corrected chi connectivity index (χ3v) is 5.25. The van der Waals surface area contributed by atoms with Crippen LogP contribution in [0, 0.1) is 0 Å². The van der Waals surface area contributed by atoms with Gasteiger partial charge in [0.05, 0.1) is 12.6 Å². The molecule has 2 atom stereocenters. The van der Waals surface area contributed by atoms with Crippen LogP contribution in [-0.4, -0.2) is 38.0 Å². The number of hydrogen-bond donors (Lipinski definition) is 1. The van der Waals surface area contributed by atoms with Crippen molar-refractivity contribution in [2.24, 2.45) is 0 Å². The molecule has 1 aromatic rings. The zero-order valence-electron chi connectivity index (χ0n) is 12.6. The van der Waals surface area contributed by atoms with E-state index >= 15 is 0 Å². The molecule has 0 aromatic heterocycles. The monoisotopic (exact) mass is 337 g/mol. The maximum Gasteiger partial charge on any atom is 0.279 e. The molecule has 1 aliphatic heterocycles. The van der Waals surface area contributed by atoms with Gasteiger partial charge in [0.15, 0.2) is 11.0 Å². The highest BCUT2D eigenvalue weighted by Gasteiger charge is 2.38. The van der Waals surface area contributed by atoms with Crippen molar-refractivity contribution in [1.29, 1.82) is 0 Å². The third kappa shape index (κ3) is 4.27. The van der Waals surface area contributed by atoms with Crippen molar-refractivity contribution < 1.29 is 22.2 Å². The van der Waals surface area contributed by atoms with Crippen LogP contribution < -0.4 is 5.32 Å². The van der Waals surface area contributed by atoms with Crippen LogP contribution in [0.15, 0.2) is 43.0 Å². The second-order valence-electron chi connectivity index (χ2n) is 5.28. The van der Waals surface area contributed by atoms with Gasteiger partial charge in [-0.2, -0.15) is 8.42 Å². The van der Waals surface area contributed by atoms with Crippen molar-refractivity contribution in [2.75, 3.05) is 6.61 Å². The van der Waals surface area contributed by atoms with Gasteiger partial charge in [-0.25, -0.2) is 0 Å². The second-order valence-corrected chi connectivity index (χ2v) is 7.07. The quantitative estimate of drug-likeness (QED) is 0.482. The van der Waals surface area contributed by atoms with Gasteiger partial charge < -0.3 is 5.32 Å². The predicted octanol–water partition coefficient (Wildman–Crippen LogP) is 1.44. The summed E-state index contributed by atoms with van der Waals surface area (Å²) in [6, 6.07) is 7.89. The van der Waals surface area contributed by atoms with E-state index in [1.54, 1.807) is 30.3 Å². The Morgan fingerprint density at radius 2 is 2.00 bits per heavy atom. The fourth-order valence-corrected chi connectivity index (χ4v) is 3.71. The molecular weight excluding hydrogens is 318 g/mol. The van der Waals surface area contributed by atoms with Crippen molar-refractivity contribution in [2.45, 2.75) is 30.6 Å². The summed E-state index contributed by atoms with van der Waals surface area (Å²) in [4.78, 5) is 24.6. The molecule has 1 amide bonds. The van der Waals surface area contributed by atoms with Crippen LogP contribution >= 0.6 is 0 Å². The minimum Gasteiger partial charge on any atom is -0.345 e. The lowest BCUT2D eigenvalue weighted by molar-refractivity contribution is -0.121. The van der Waals surface area contributed by atoms with Crippen LogP contribution in [0.25, 0.3) is 0 Å². The lowest BCUT2D eigenvalue weighted by Crippen LogP contribution is -2.45. The lowest BCUT2D eigenvalue weighted by Gasteiger charge is -2.16. The SMILES string of the molecule is C=CCOS(=O)(=O)C1CCCC(C(=O)c2ccccc2)NC1=O. The Morgan fingerprint density at radius 3 is 2.65 bits per heavy atom. The zero-order chi connectivity index (χ0) is 16.9. The number of nitrogens with one attached hydrogen (secondary N) is 1. The molecule has 0 saturated carbocycles. The number of rotatable bonds is 6. The summed E-state index contributed by atoms with van der Waals surface area (Å²) in [6.45, 7) is 3.20. The molecule has 124 valence electrons. The summed E-state index contributed by atoms with van der Waals surface area (Å²) in [6.07, 6.45) is 2.26. The molecule has 2 rings (SSSR count). The average molecular weight is 337 g/mol. The van der Waals surface area contributed by atoms with Crippen LogP contribution in [0.2, 0.25) is 0 Å². The molecule has 0 aliphatic carbocycles. The number of carbonyl (C=O) groups excluding carboxylic acids is 2. The Labute approximate surface area is 135 Å². The van der Waals surface area contributed by atoms with Gasteiger partial charge in [-0.1, -0.05) is 36.4 Å². The van der Waals surface area contributed by atoms with Crippen LogP contribution in [-0.2, 0) is 19.1 Å². The second kappa shape index (κ2) is 7.52. The van der Waals surface area contributed by atoms with E-state index in [-0.39, 0.29) is 18.8 Å². The summed E-state index contributed by atoms with van der Waals surface area (Å²) >= 11 is 0. The van der Waals surface area contributed by atoms with E-state index in [0.717, 1.165) is 0 Å². The zero-order valence-corrected chi connectivity index (χ0v) is 13.4. The van der Waals surface area contributed by atoms with E-state index < -0.39 is 27.3 Å². The van der Waals surface area contributed by atoms with Gasteiger partial charge >= 0.3 is 0 Å². The van der Waals surface area contributed by atoms with E-state index in [2.05, 4.69) is 11.9 Å². The smallest absolute Gasteiger partial charge is 0.279 e. The molecule has 1 aliphatic rings. The first kappa shape index (κ1) is 17.4. The first-order valence-corrected chi connectivity index (χ1v) is 8.81. The molecule has 0 radical (unpaired) electrons. The minimum absolute atomic E-state index is 0.129. The summed E-state index contributed by atoms with van der Waals surface area (Å²) in [7, 11) is -4.03. The molecule has 7 heteroatoms. The molecule has 6 nitrogen and oxygen atoms in total. The Hall–Kier alpha value is -1.99. The summed E-state index contributed by atoms with van der Waals surface area (Å²) in [5.74, 6) is -0.912. The maximum absolute atomic E-state index is 12.4. The number of carbonyl (C=O) groups is 2. The first-order chi connectivity index (χ1) is 11.0. The Kier molecular flexibility index (Phi) is 5.68. The number of ketones is 1. The number of hydrogen-bond acceptors (Lipinski definition) is 5. The molecule has 2 unspecified atom stereocenters. The van der Waals surface area contributed by atoms with Gasteiger partial charge in [0.25, 0.3) is 10.1 Å². The number of Topliss-reactive ketones (excluding diaryl/α,β-unsaturated/α-hetero) is 1. The molecular formula is C16H19NO5S. The standard InChI is InChI=1S/C16H19NO5S/c1-2-11-22-23(20,21)14-10-6-9-13(17-16(14)19)15(18)12-7-4-3-5-8-12/h2-5,7-8,13-14H,1,6,9-11H2,(H,17,19).